The minimum atomic E-state index is 0.232. The molecular weight excluding hydrogens is 292 g/mol. The standard InChI is InChI=1S/C22H30N2/c1-15(2)18-6-8-19(9-7-18)20-12-21(23)14-24(13-20)22-10-5-16(3)17(4)11-22/h5-11,15,20-21H,12-14,23H2,1-4H3. The Labute approximate surface area is 146 Å². The van der Waals surface area contributed by atoms with E-state index in [1.54, 1.807) is 0 Å². The van der Waals surface area contributed by atoms with Gasteiger partial charge in [-0.1, -0.05) is 44.2 Å². The van der Waals surface area contributed by atoms with E-state index >= 15 is 0 Å². The van der Waals surface area contributed by atoms with Crippen molar-refractivity contribution < 1.29 is 0 Å². The molecule has 1 saturated heterocycles. The van der Waals surface area contributed by atoms with Gasteiger partial charge in [0, 0.05) is 30.7 Å². The summed E-state index contributed by atoms with van der Waals surface area (Å²) in [5.74, 6) is 1.09. The summed E-state index contributed by atoms with van der Waals surface area (Å²) in [6.45, 7) is 10.8. The van der Waals surface area contributed by atoms with Crippen LogP contribution in [0.25, 0.3) is 0 Å². The second kappa shape index (κ2) is 6.98. The lowest BCUT2D eigenvalue weighted by Gasteiger charge is -2.38. The van der Waals surface area contributed by atoms with Gasteiger partial charge in [-0.2, -0.15) is 0 Å². The Morgan fingerprint density at radius 1 is 0.958 bits per heavy atom. The highest BCUT2D eigenvalue weighted by atomic mass is 15.2. The first-order valence-electron chi connectivity index (χ1n) is 9.11. The lowest BCUT2D eigenvalue weighted by molar-refractivity contribution is 0.454. The molecule has 0 aromatic heterocycles. The van der Waals surface area contributed by atoms with Gasteiger partial charge < -0.3 is 10.6 Å². The predicted molar refractivity (Wildman–Crippen MR) is 104 cm³/mol. The number of hydrogen-bond acceptors (Lipinski definition) is 2. The molecule has 128 valence electrons. The van der Waals surface area contributed by atoms with Crippen LogP contribution in [-0.4, -0.2) is 19.1 Å². The van der Waals surface area contributed by atoms with Crippen molar-refractivity contribution in [1.29, 1.82) is 0 Å². The summed E-state index contributed by atoms with van der Waals surface area (Å²) < 4.78 is 0. The topological polar surface area (TPSA) is 29.3 Å². The molecule has 1 heterocycles. The third-order valence-corrected chi connectivity index (χ3v) is 5.41. The Morgan fingerprint density at radius 3 is 2.29 bits per heavy atom. The van der Waals surface area contributed by atoms with Crippen molar-refractivity contribution in [2.24, 2.45) is 5.73 Å². The van der Waals surface area contributed by atoms with Gasteiger partial charge in [0.15, 0.2) is 0 Å². The number of rotatable bonds is 3. The van der Waals surface area contributed by atoms with E-state index in [4.69, 9.17) is 5.73 Å². The van der Waals surface area contributed by atoms with Crippen molar-refractivity contribution in [3.05, 3.63) is 64.7 Å². The van der Waals surface area contributed by atoms with Crippen molar-refractivity contribution in [1.82, 2.24) is 0 Å². The number of hydrogen-bond donors (Lipinski definition) is 1. The van der Waals surface area contributed by atoms with Crippen LogP contribution in [0.2, 0.25) is 0 Å². The van der Waals surface area contributed by atoms with Crippen LogP contribution in [0.5, 0.6) is 0 Å². The summed E-state index contributed by atoms with van der Waals surface area (Å²) in [4.78, 5) is 2.46. The fourth-order valence-corrected chi connectivity index (χ4v) is 3.67. The van der Waals surface area contributed by atoms with Crippen molar-refractivity contribution in [3.63, 3.8) is 0 Å². The fraction of sp³-hybridized carbons (Fsp3) is 0.455. The van der Waals surface area contributed by atoms with Gasteiger partial charge >= 0.3 is 0 Å². The predicted octanol–water partition coefficient (Wildman–Crippen LogP) is 4.75. The lowest BCUT2D eigenvalue weighted by Crippen LogP contribution is -2.46. The maximum Gasteiger partial charge on any atom is 0.0369 e. The molecule has 2 aromatic rings. The molecule has 0 aliphatic carbocycles. The van der Waals surface area contributed by atoms with E-state index in [1.165, 1.54) is 27.9 Å². The number of aryl methyl sites for hydroxylation is 2. The van der Waals surface area contributed by atoms with Crippen molar-refractivity contribution in [3.8, 4) is 0 Å². The van der Waals surface area contributed by atoms with E-state index in [0.717, 1.165) is 19.5 Å². The minimum absolute atomic E-state index is 0.232. The molecule has 2 N–H and O–H groups in total. The molecular formula is C22H30N2. The molecule has 24 heavy (non-hydrogen) atoms. The first-order chi connectivity index (χ1) is 11.4. The average Bonchev–Trinajstić information content (AvgIpc) is 2.57. The Hall–Kier alpha value is -1.80. The molecule has 0 spiro atoms. The van der Waals surface area contributed by atoms with Gasteiger partial charge in [-0.15, -0.1) is 0 Å². The van der Waals surface area contributed by atoms with Crippen molar-refractivity contribution in [2.45, 2.75) is 52.0 Å². The minimum Gasteiger partial charge on any atom is -0.369 e. The zero-order valence-corrected chi connectivity index (χ0v) is 15.4. The largest absolute Gasteiger partial charge is 0.369 e. The highest BCUT2D eigenvalue weighted by Gasteiger charge is 2.26. The van der Waals surface area contributed by atoms with Gasteiger partial charge in [-0.05, 0) is 60.6 Å². The zero-order chi connectivity index (χ0) is 17.3. The SMILES string of the molecule is Cc1ccc(N2CC(N)CC(c3ccc(C(C)C)cc3)C2)cc1C. The van der Waals surface area contributed by atoms with E-state index in [9.17, 15) is 0 Å². The monoisotopic (exact) mass is 322 g/mol. The molecule has 2 atom stereocenters. The van der Waals surface area contributed by atoms with E-state index < -0.39 is 0 Å². The molecule has 0 saturated carbocycles. The normalized spacial score (nSPS) is 21.3. The number of anilines is 1. The molecule has 2 aromatic carbocycles. The highest BCUT2D eigenvalue weighted by molar-refractivity contribution is 5.52. The zero-order valence-electron chi connectivity index (χ0n) is 15.4. The summed E-state index contributed by atoms with van der Waals surface area (Å²) in [6, 6.07) is 16.1. The molecule has 3 rings (SSSR count). The van der Waals surface area contributed by atoms with Crippen LogP contribution in [0.1, 0.15) is 54.4 Å². The summed E-state index contributed by atoms with van der Waals surface area (Å²) in [5.41, 5.74) is 13.2. The maximum absolute atomic E-state index is 6.39. The van der Waals surface area contributed by atoms with E-state index in [2.05, 4.69) is 75.1 Å². The van der Waals surface area contributed by atoms with Crippen LogP contribution >= 0.6 is 0 Å². The van der Waals surface area contributed by atoms with Crippen LogP contribution in [0, 0.1) is 13.8 Å². The molecule has 2 nitrogen and oxygen atoms in total. The van der Waals surface area contributed by atoms with Gasteiger partial charge in [0.1, 0.15) is 0 Å². The number of nitrogens with two attached hydrogens (primary N) is 1. The molecule has 1 aliphatic rings. The van der Waals surface area contributed by atoms with Gasteiger partial charge in [-0.3, -0.25) is 0 Å². The summed E-state index contributed by atoms with van der Waals surface area (Å²) in [6.07, 6.45) is 1.07. The summed E-state index contributed by atoms with van der Waals surface area (Å²) in [7, 11) is 0. The molecule has 2 heteroatoms. The van der Waals surface area contributed by atoms with E-state index in [0.29, 0.717) is 11.8 Å². The molecule has 2 unspecified atom stereocenters. The second-order valence-electron chi connectivity index (χ2n) is 7.69. The van der Waals surface area contributed by atoms with E-state index in [1.807, 2.05) is 0 Å². The first kappa shape index (κ1) is 17.0. The van der Waals surface area contributed by atoms with Crippen LogP contribution in [-0.2, 0) is 0 Å². The van der Waals surface area contributed by atoms with Gasteiger partial charge in [0.25, 0.3) is 0 Å². The quantitative estimate of drug-likeness (QED) is 0.883. The number of piperidine rings is 1. The van der Waals surface area contributed by atoms with Crippen LogP contribution in [0.4, 0.5) is 5.69 Å². The Bertz CT molecular complexity index is 688. The number of nitrogens with zero attached hydrogens (tertiary/aromatic N) is 1. The third-order valence-electron chi connectivity index (χ3n) is 5.41. The smallest absolute Gasteiger partial charge is 0.0369 e. The molecule has 1 aliphatic heterocycles. The van der Waals surface area contributed by atoms with Crippen LogP contribution < -0.4 is 10.6 Å². The van der Waals surface area contributed by atoms with Gasteiger partial charge in [-0.25, -0.2) is 0 Å². The molecule has 1 fully saturated rings. The van der Waals surface area contributed by atoms with E-state index in [-0.39, 0.29) is 6.04 Å². The van der Waals surface area contributed by atoms with Crippen LogP contribution in [0.15, 0.2) is 42.5 Å². The molecule has 0 radical (unpaired) electrons. The summed E-state index contributed by atoms with van der Waals surface area (Å²) >= 11 is 0. The van der Waals surface area contributed by atoms with Crippen molar-refractivity contribution >= 4 is 5.69 Å². The highest BCUT2D eigenvalue weighted by Crippen LogP contribution is 2.31. The fourth-order valence-electron chi connectivity index (χ4n) is 3.67. The Balaban J connectivity index is 1.81. The maximum atomic E-state index is 6.39. The van der Waals surface area contributed by atoms with Crippen LogP contribution in [0.3, 0.4) is 0 Å². The van der Waals surface area contributed by atoms with Crippen molar-refractivity contribution in [2.75, 3.05) is 18.0 Å². The Morgan fingerprint density at radius 2 is 1.67 bits per heavy atom. The second-order valence-corrected chi connectivity index (χ2v) is 7.69. The lowest BCUT2D eigenvalue weighted by atomic mass is 9.87. The first-order valence-corrected chi connectivity index (χ1v) is 9.11. The Kier molecular flexibility index (Phi) is 4.96. The number of benzene rings is 2. The van der Waals surface area contributed by atoms with Gasteiger partial charge in [0.2, 0.25) is 0 Å². The molecule has 0 amide bonds. The summed E-state index contributed by atoms with van der Waals surface area (Å²) in [5, 5.41) is 0. The van der Waals surface area contributed by atoms with Gasteiger partial charge in [0.05, 0.1) is 0 Å². The average molecular weight is 322 g/mol. The third kappa shape index (κ3) is 3.64. The molecule has 0 bridgehead atoms.